The fourth-order valence-electron chi connectivity index (χ4n) is 2.42. The van der Waals surface area contributed by atoms with Crippen LogP contribution in [0, 0.1) is 5.92 Å². The van der Waals surface area contributed by atoms with E-state index in [0.717, 1.165) is 19.4 Å². The second-order valence-corrected chi connectivity index (χ2v) is 4.66. The molecule has 14 heavy (non-hydrogen) atoms. The van der Waals surface area contributed by atoms with Gasteiger partial charge in [-0.05, 0) is 32.6 Å². The van der Waals surface area contributed by atoms with Gasteiger partial charge in [0.05, 0.1) is 0 Å². The number of nitrogens with zero attached hydrogens (tertiary/aromatic N) is 1. The standard InChI is InChI=1S/C12H24N2/c1-5-6-9(2)14-8-7-12(13)10(3)11(14)4/h5,9-12H,1,6-8,13H2,2-4H3. The van der Waals surface area contributed by atoms with Crippen molar-refractivity contribution in [3.8, 4) is 0 Å². The summed E-state index contributed by atoms with van der Waals surface area (Å²) in [6.07, 6.45) is 4.22. The minimum Gasteiger partial charge on any atom is -0.327 e. The average Bonchev–Trinajstić information content (AvgIpc) is 2.15. The van der Waals surface area contributed by atoms with Gasteiger partial charge < -0.3 is 5.73 Å². The van der Waals surface area contributed by atoms with Gasteiger partial charge in [0.1, 0.15) is 0 Å². The molecule has 1 fully saturated rings. The Morgan fingerprint density at radius 1 is 1.57 bits per heavy atom. The van der Waals surface area contributed by atoms with Crippen molar-refractivity contribution in [2.24, 2.45) is 11.7 Å². The number of piperidine rings is 1. The molecule has 1 rings (SSSR count). The van der Waals surface area contributed by atoms with Crippen molar-refractivity contribution in [1.29, 1.82) is 0 Å². The van der Waals surface area contributed by atoms with Crippen LogP contribution in [0.4, 0.5) is 0 Å². The Bertz CT molecular complexity index is 191. The Kier molecular flexibility index (Phi) is 4.14. The highest BCUT2D eigenvalue weighted by Crippen LogP contribution is 2.24. The van der Waals surface area contributed by atoms with E-state index in [0.29, 0.717) is 24.0 Å². The summed E-state index contributed by atoms with van der Waals surface area (Å²) in [5.41, 5.74) is 6.06. The van der Waals surface area contributed by atoms with Crippen molar-refractivity contribution < 1.29 is 0 Å². The number of nitrogens with two attached hydrogens (primary N) is 1. The van der Waals surface area contributed by atoms with Crippen LogP contribution < -0.4 is 5.73 Å². The highest BCUT2D eigenvalue weighted by molar-refractivity contribution is 4.90. The van der Waals surface area contributed by atoms with Crippen molar-refractivity contribution >= 4 is 0 Å². The minimum atomic E-state index is 0.386. The van der Waals surface area contributed by atoms with E-state index in [9.17, 15) is 0 Å². The van der Waals surface area contributed by atoms with E-state index in [1.165, 1.54) is 0 Å². The number of likely N-dealkylation sites (tertiary alicyclic amines) is 1. The second-order valence-electron chi connectivity index (χ2n) is 4.66. The molecule has 1 aliphatic heterocycles. The lowest BCUT2D eigenvalue weighted by molar-refractivity contribution is 0.0641. The lowest BCUT2D eigenvalue weighted by Crippen LogP contribution is -2.54. The molecular weight excluding hydrogens is 172 g/mol. The molecule has 0 aromatic heterocycles. The molecule has 0 spiro atoms. The van der Waals surface area contributed by atoms with Crippen LogP contribution in [0.5, 0.6) is 0 Å². The summed E-state index contributed by atoms with van der Waals surface area (Å²) in [4.78, 5) is 2.57. The van der Waals surface area contributed by atoms with E-state index in [-0.39, 0.29) is 0 Å². The zero-order valence-electron chi connectivity index (χ0n) is 9.74. The number of hydrogen-bond acceptors (Lipinski definition) is 2. The van der Waals surface area contributed by atoms with Crippen LogP contribution >= 0.6 is 0 Å². The number of rotatable bonds is 3. The first-order chi connectivity index (χ1) is 6.57. The molecule has 0 radical (unpaired) electrons. The maximum absolute atomic E-state index is 6.06. The van der Waals surface area contributed by atoms with Crippen LogP contribution in [0.3, 0.4) is 0 Å². The fraction of sp³-hybridized carbons (Fsp3) is 0.833. The Morgan fingerprint density at radius 2 is 2.21 bits per heavy atom. The molecule has 82 valence electrons. The Labute approximate surface area is 88.2 Å². The molecule has 0 saturated carbocycles. The quantitative estimate of drug-likeness (QED) is 0.700. The van der Waals surface area contributed by atoms with Gasteiger partial charge in [0.15, 0.2) is 0 Å². The van der Waals surface area contributed by atoms with Crippen LogP contribution in [-0.4, -0.2) is 29.6 Å². The first kappa shape index (κ1) is 11.7. The highest BCUT2D eigenvalue weighted by Gasteiger charge is 2.32. The van der Waals surface area contributed by atoms with E-state index < -0.39 is 0 Å². The topological polar surface area (TPSA) is 29.3 Å². The summed E-state index contributed by atoms with van der Waals surface area (Å²) in [5, 5.41) is 0. The van der Waals surface area contributed by atoms with Crippen LogP contribution in [0.25, 0.3) is 0 Å². The molecule has 2 heteroatoms. The molecule has 4 unspecified atom stereocenters. The van der Waals surface area contributed by atoms with Gasteiger partial charge in [-0.1, -0.05) is 13.0 Å². The molecule has 2 N–H and O–H groups in total. The summed E-state index contributed by atoms with van der Waals surface area (Å²) in [6, 6.07) is 1.60. The normalized spacial score (nSPS) is 36.7. The molecule has 2 nitrogen and oxygen atoms in total. The van der Waals surface area contributed by atoms with E-state index in [1.54, 1.807) is 0 Å². The van der Waals surface area contributed by atoms with Gasteiger partial charge in [-0.25, -0.2) is 0 Å². The molecule has 0 aromatic carbocycles. The summed E-state index contributed by atoms with van der Waals surface area (Å²) < 4.78 is 0. The van der Waals surface area contributed by atoms with Gasteiger partial charge in [-0.3, -0.25) is 4.90 Å². The summed E-state index contributed by atoms with van der Waals surface area (Å²) in [6.45, 7) is 11.8. The molecule has 1 saturated heterocycles. The van der Waals surface area contributed by atoms with E-state index in [2.05, 4.69) is 32.3 Å². The maximum atomic E-state index is 6.06. The first-order valence-corrected chi connectivity index (χ1v) is 5.70. The van der Waals surface area contributed by atoms with Crippen LogP contribution in [0.15, 0.2) is 12.7 Å². The van der Waals surface area contributed by atoms with Gasteiger partial charge in [0.25, 0.3) is 0 Å². The predicted molar refractivity (Wildman–Crippen MR) is 62.2 cm³/mol. The third-order valence-electron chi connectivity index (χ3n) is 3.75. The Morgan fingerprint density at radius 3 is 2.79 bits per heavy atom. The molecule has 1 heterocycles. The molecule has 0 aromatic rings. The van der Waals surface area contributed by atoms with E-state index in [4.69, 9.17) is 5.73 Å². The van der Waals surface area contributed by atoms with Crippen LogP contribution in [-0.2, 0) is 0 Å². The van der Waals surface area contributed by atoms with Crippen LogP contribution in [0.2, 0.25) is 0 Å². The fourth-order valence-corrected chi connectivity index (χ4v) is 2.42. The van der Waals surface area contributed by atoms with Crippen molar-refractivity contribution in [2.45, 2.75) is 51.7 Å². The second kappa shape index (κ2) is 4.94. The highest BCUT2D eigenvalue weighted by atomic mass is 15.2. The molecular formula is C12H24N2. The predicted octanol–water partition coefficient (Wildman–Crippen LogP) is 2.01. The lowest BCUT2D eigenvalue weighted by atomic mass is 9.86. The average molecular weight is 196 g/mol. The van der Waals surface area contributed by atoms with Gasteiger partial charge in [0, 0.05) is 24.7 Å². The van der Waals surface area contributed by atoms with Gasteiger partial charge in [-0.15, -0.1) is 6.58 Å². The molecule has 1 aliphatic rings. The minimum absolute atomic E-state index is 0.386. The van der Waals surface area contributed by atoms with Gasteiger partial charge >= 0.3 is 0 Å². The van der Waals surface area contributed by atoms with E-state index >= 15 is 0 Å². The Hall–Kier alpha value is -0.340. The lowest BCUT2D eigenvalue weighted by Gasteiger charge is -2.44. The molecule has 0 bridgehead atoms. The monoisotopic (exact) mass is 196 g/mol. The maximum Gasteiger partial charge on any atom is 0.0110 e. The van der Waals surface area contributed by atoms with Crippen molar-refractivity contribution in [1.82, 2.24) is 4.90 Å². The molecule has 0 aliphatic carbocycles. The first-order valence-electron chi connectivity index (χ1n) is 5.70. The third kappa shape index (κ3) is 2.37. The van der Waals surface area contributed by atoms with Crippen molar-refractivity contribution in [3.05, 3.63) is 12.7 Å². The number of hydrogen-bond donors (Lipinski definition) is 1. The smallest absolute Gasteiger partial charge is 0.0110 e. The largest absolute Gasteiger partial charge is 0.327 e. The Balaban J connectivity index is 2.58. The third-order valence-corrected chi connectivity index (χ3v) is 3.75. The van der Waals surface area contributed by atoms with Gasteiger partial charge in [0.2, 0.25) is 0 Å². The SMILES string of the molecule is C=CCC(C)N1CCC(N)C(C)C1C. The zero-order valence-corrected chi connectivity index (χ0v) is 9.74. The summed E-state index contributed by atoms with van der Waals surface area (Å²) >= 11 is 0. The molecule has 0 amide bonds. The summed E-state index contributed by atoms with van der Waals surface area (Å²) in [5.74, 6) is 0.607. The molecule has 4 atom stereocenters. The van der Waals surface area contributed by atoms with E-state index in [1.807, 2.05) is 6.08 Å². The zero-order chi connectivity index (χ0) is 10.7. The van der Waals surface area contributed by atoms with Crippen molar-refractivity contribution in [3.63, 3.8) is 0 Å². The van der Waals surface area contributed by atoms with Crippen molar-refractivity contribution in [2.75, 3.05) is 6.54 Å². The van der Waals surface area contributed by atoms with Crippen LogP contribution in [0.1, 0.15) is 33.6 Å². The summed E-state index contributed by atoms with van der Waals surface area (Å²) in [7, 11) is 0. The van der Waals surface area contributed by atoms with Gasteiger partial charge in [-0.2, -0.15) is 0 Å².